The number of nitrogen functional groups attached to an aromatic ring is 1. The monoisotopic (exact) mass is 380 g/mol. The van der Waals surface area contributed by atoms with Crippen molar-refractivity contribution in [1.29, 1.82) is 0 Å². The van der Waals surface area contributed by atoms with Crippen molar-refractivity contribution in [2.45, 2.75) is 10.9 Å². The Bertz CT molecular complexity index is 1090. The smallest absolute Gasteiger partial charge is 0.264 e. The molecule has 2 unspecified atom stereocenters. The summed E-state index contributed by atoms with van der Waals surface area (Å²) in [6.45, 7) is 0. The van der Waals surface area contributed by atoms with E-state index in [0.717, 1.165) is 6.08 Å². The number of carbonyl (C=O) groups is 2. The van der Waals surface area contributed by atoms with Gasteiger partial charge in [0.1, 0.15) is 0 Å². The van der Waals surface area contributed by atoms with E-state index < -0.39 is 33.5 Å². The molecule has 2 atom stereocenters. The molecule has 2 N–H and O–H groups in total. The van der Waals surface area contributed by atoms with E-state index in [4.69, 9.17) is 5.73 Å². The molecule has 0 saturated carbocycles. The lowest BCUT2D eigenvalue weighted by Gasteiger charge is -2.28. The lowest BCUT2D eigenvalue weighted by Crippen LogP contribution is -2.42. The fourth-order valence-electron chi connectivity index (χ4n) is 3.42. The Balaban J connectivity index is 1.87. The summed E-state index contributed by atoms with van der Waals surface area (Å²) in [7, 11) is -3.88. The first-order valence-corrected chi connectivity index (χ1v) is 9.76. The number of ketones is 2. The maximum Gasteiger partial charge on any atom is 0.264 e. The van der Waals surface area contributed by atoms with Gasteiger partial charge in [-0.2, -0.15) is 0 Å². The van der Waals surface area contributed by atoms with E-state index >= 15 is 0 Å². The summed E-state index contributed by atoms with van der Waals surface area (Å²) in [6.07, 6.45) is 4.08. The summed E-state index contributed by atoms with van der Waals surface area (Å²) in [5, 5.41) is 0. The van der Waals surface area contributed by atoms with Gasteiger partial charge in [0.2, 0.25) is 11.6 Å². The van der Waals surface area contributed by atoms with Crippen molar-refractivity contribution >= 4 is 32.9 Å². The van der Waals surface area contributed by atoms with Crippen LogP contribution in [0.4, 0.5) is 5.69 Å². The van der Waals surface area contributed by atoms with E-state index in [0.29, 0.717) is 16.8 Å². The topological polar surface area (TPSA) is 97.5 Å². The summed E-state index contributed by atoms with van der Waals surface area (Å²) in [5.41, 5.74) is 7.41. The molecule has 6 nitrogen and oxygen atoms in total. The number of allylic oxidation sites excluding steroid dienone is 1. The van der Waals surface area contributed by atoms with Crippen LogP contribution in [0.2, 0.25) is 0 Å². The highest BCUT2D eigenvalue weighted by atomic mass is 32.2. The fourth-order valence-corrected chi connectivity index (χ4v) is 4.93. The molecule has 7 heteroatoms. The van der Waals surface area contributed by atoms with Gasteiger partial charge in [-0.05, 0) is 41.5 Å². The van der Waals surface area contributed by atoms with Crippen LogP contribution in [0.25, 0.3) is 5.57 Å². The van der Waals surface area contributed by atoms with Crippen molar-refractivity contribution in [2.75, 3.05) is 5.73 Å². The van der Waals surface area contributed by atoms with Gasteiger partial charge in [-0.25, -0.2) is 8.42 Å². The van der Waals surface area contributed by atoms with Gasteiger partial charge in [0.25, 0.3) is 10.0 Å². The Morgan fingerprint density at radius 1 is 0.926 bits per heavy atom. The molecule has 0 bridgehead atoms. The van der Waals surface area contributed by atoms with Crippen molar-refractivity contribution in [1.82, 2.24) is 4.31 Å². The normalized spacial score (nSPS) is 21.9. The number of nitrogens with two attached hydrogens (primary N) is 1. The molecule has 1 aliphatic heterocycles. The summed E-state index contributed by atoms with van der Waals surface area (Å²) >= 11 is 0. The maximum atomic E-state index is 13.1. The number of Topliss-reactive ketones (excluding diaryl/α,β-unsaturated/α-hetero) is 1. The summed E-state index contributed by atoms with van der Waals surface area (Å²) < 4.78 is 27.4. The third kappa shape index (κ3) is 2.76. The predicted octanol–water partition coefficient (Wildman–Crippen LogP) is 2.01. The molecular formula is C20H16N2O4S. The second-order valence-electron chi connectivity index (χ2n) is 6.41. The van der Waals surface area contributed by atoms with E-state index in [1.807, 2.05) is 0 Å². The van der Waals surface area contributed by atoms with Gasteiger partial charge in [0.15, 0.2) is 0 Å². The first-order valence-electron chi connectivity index (χ1n) is 8.32. The quantitative estimate of drug-likeness (QED) is 0.649. The molecule has 1 heterocycles. The van der Waals surface area contributed by atoms with Crippen molar-refractivity contribution in [3.05, 3.63) is 78.5 Å². The molecule has 0 amide bonds. The van der Waals surface area contributed by atoms with Gasteiger partial charge < -0.3 is 5.73 Å². The average molecular weight is 380 g/mol. The van der Waals surface area contributed by atoms with Crippen molar-refractivity contribution in [3.8, 4) is 0 Å². The van der Waals surface area contributed by atoms with Gasteiger partial charge in [-0.15, -0.1) is 0 Å². The minimum absolute atomic E-state index is 0.122. The van der Waals surface area contributed by atoms with E-state index in [-0.39, 0.29) is 4.90 Å². The third-order valence-corrected chi connectivity index (χ3v) is 6.54. The van der Waals surface area contributed by atoms with E-state index in [1.54, 1.807) is 42.5 Å². The van der Waals surface area contributed by atoms with Crippen LogP contribution in [0.5, 0.6) is 0 Å². The molecule has 136 valence electrons. The largest absolute Gasteiger partial charge is 0.399 e. The molecule has 2 aromatic carbocycles. The van der Waals surface area contributed by atoms with E-state index in [9.17, 15) is 18.0 Å². The zero-order chi connectivity index (χ0) is 19.2. The number of nitrogens with zero attached hydrogens (tertiary/aromatic N) is 1. The van der Waals surface area contributed by atoms with Gasteiger partial charge in [-0.1, -0.05) is 36.4 Å². The Hall–Kier alpha value is -3.19. The van der Waals surface area contributed by atoms with Crippen LogP contribution in [-0.4, -0.2) is 30.3 Å². The molecule has 1 aliphatic carbocycles. The zero-order valence-electron chi connectivity index (χ0n) is 14.1. The molecule has 0 aromatic heterocycles. The molecule has 0 fully saturated rings. The number of anilines is 1. The second-order valence-corrected chi connectivity index (χ2v) is 8.25. The Labute approximate surface area is 156 Å². The minimum Gasteiger partial charge on any atom is -0.399 e. The number of sulfonamides is 1. The van der Waals surface area contributed by atoms with E-state index in [2.05, 4.69) is 0 Å². The van der Waals surface area contributed by atoms with Crippen LogP contribution in [0.1, 0.15) is 5.56 Å². The Morgan fingerprint density at radius 2 is 1.59 bits per heavy atom. The van der Waals surface area contributed by atoms with Gasteiger partial charge >= 0.3 is 0 Å². The lowest BCUT2D eigenvalue weighted by atomic mass is 9.82. The Morgan fingerprint density at radius 3 is 2.26 bits per heavy atom. The average Bonchev–Trinajstić information content (AvgIpc) is 3.07. The fraction of sp³-hybridized carbons (Fsp3) is 0.100. The maximum absolute atomic E-state index is 13.1. The Kier molecular flexibility index (Phi) is 3.96. The van der Waals surface area contributed by atoms with Crippen molar-refractivity contribution in [3.63, 3.8) is 0 Å². The highest BCUT2D eigenvalue weighted by molar-refractivity contribution is 7.89. The third-order valence-electron chi connectivity index (χ3n) is 4.77. The number of rotatable bonds is 3. The van der Waals surface area contributed by atoms with Crippen LogP contribution in [0, 0.1) is 5.92 Å². The molecule has 2 aromatic rings. The number of carbonyl (C=O) groups excluding carboxylic acids is 2. The molecule has 27 heavy (non-hydrogen) atoms. The van der Waals surface area contributed by atoms with Gasteiger partial charge in [-0.3, -0.25) is 13.9 Å². The minimum atomic E-state index is -3.88. The number of hydrogen-bond donors (Lipinski definition) is 1. The van der Waals surface area contributed by atoms with Crippen molar-refractivity contribution < 1.29 is 18.0 Å². The summed E-state index contributed by atoms with van der Waals surface area (Å²) in [4.78, 5) is 24.6. The number of benzene rings is 2. The molecule has 0 saturated heterocycles. The highest BCUT2D eigenvalue weighted by Gasteiger charge is 2.47. The van der Waals surface area contributed by atoms with Crippen molar-refractivity contribution in [2.24, 2.45) is 5.92 Å². The SMILES string of the molecule is Nc1ccc(C2=CN(S(=O)(=O)c3ccccc3)C3C=CC(=O)C(=O)C23)cc1. The van der Waals surface area contributed by atoms with Crippen LogP contribution in [-0.2, 0) is 19.6 Å². The molecule has 2 aliphatic rings. The van der Waals surface area contributed by atoms with Gasteiger partial charge in [0.05, 0.1) is 16.9 Å². The van der Waals surface area contributed by atoms with Crippen LogP contribution < -0.4 is 5.73 Å². The summed E-state index contributed by atoms with van der Waals surface area (Å²) in [6, 6.07) is 14.0. The van der Waals surface area contributed by atoms with Crippen LogP contribution in [0.3, 0.4) is 0 Å². The second kappa shape index (κ2) is 6.21. The molecule has 4 rings (SSSR count). The highest BCUT2D eigenvalue weighted by Crippen LogP contribution is 2.41. The van der Waals surface area contributed by atoms with E-state index in [1.165, 1.54) is 28.7 Å². The van der Waals surface area contributed by atoms with Gasteiger partial charge in [0, 0.05) is 11.9 Å². The first-order chi connectivity index (χ1) is 12.9. The van der Waals surface area contributed by atoms with Crippen LogP contribution >= 0.6 is 0 Å². The predicted molar refractivity (Wildman–Crippen MR) is 101 cm³/mol. The summed E-state index contributed by atoms with van der Waals surface area (Å²) in [5.74, 6) is -2.11. The molecule has 0 spiro atoms. The zero-order valence-corrected chi connectivity index (χ0v) is 15.0. The molecular weight excluding hydrogens is 364 g/mol. The lowest BCUT2D eigenvalue weighted by molar-refractivity contribution is -0.136. The first kappa shape index (κ1) is 17.2. The number of hydrogen-bond acceptors (Lipinski definition) is 5. The molecule has 0 radical (unpaired) electrons. The van der Waals surface area contributed by atoms with Crippen LogP contribution in [0.15, 0.2) is 77.8 Å². The standard InChI is InChI=1S/C20H16N2O4S/c21-14-8-6-13(7-9-14)16-12-22(17-10-11-18(23)20(24)19(16)17)27(25,26)15-4-2-1-3-5-15/h1-12,17,19H,21H2. The number of fused-ring (bicyclic) bond motifs is 1.